The van der Waals surface area contributed by atoms with E-state index in [-0.39, 0.29) is 52.5 Å². The molecular weight excluding hydrogens is 616 g/mol. The van der Waals surface area contributed by atoms with Crippen molar-refractivity contribution in [1.29, 1.82) is 0 Å². The van der Waals surface area contributed by atoms with Gasteiger partial charge in [0.05, 0.1) is 27.8 Å². The predicted molar refractivity (Wildman–Crippen MR) is 173 cm³/mol. The van der Waals surface area contributed by atoms with Gasteiger partial charge in [-0.2, -0.15) is 26.3 Å². The monoisotopic (exact) mass is 651 g/mol. The fourth-order valence-corrected chi connectivity index (χ4v) is 6.33. The molecule has 1 aliphatic rings. The van der Waals surface area contributed by atoms with Crippen molar-refractivity contribution in [3.05, 3.63) is 124 Å². The molecule has 0 atom stereocenters. The third-order valence-corrected chi connectivity index (χ3v) is 8.26. The topological polar surface area (TPSA) is 42.2 Å². The maximum atomic E-state index is 14.3. The fraction of sp³-hybridized carbons (Fsp3) is 0.289. The molecule has 47 heavy (non-hydrogen) atoms. The maximum absolute atomic E-state index is 14.3. The van der Waals surface area contributed by atoms with Gasteiger partial charge in [0.25, 0.3) is 0 Å². The number of halogens is 6. The van der Waals surface area contributed by atoms with E-state index in [4.69, 9.17) is 0 Å². The van der Waals surface area contributed by atoms with Crippen LogP contribution in [0.1, 0.15) is 67.6 Å². The van der Waals surface area contributed by atoms with Gasteiger partial charge in [-0.05, 0) is 78.1 Å². The lowest BCUT2D eigenvalue weighted by Crippen LogP contribution is -2.24. The molecule has 246 valence electrons. The number of aromatic nitrogens is 1. The number of allylic oxidation sites excluding steroid dienone is 4. The molecule has 3 nitrogen and oxygen atoms in total. The molecule has 3 aromatic carbocycles. The van der Waals surface area contributed by atoms with Crippen LogP contribution < -0.4 is 0 Å². The minimum atomic E-state index is -5.05. The quantitative estimate of drug-likeness (QED) is 0.152. The van der Waals surface area contributed by atoms with Crippen LogP contribution in [-0.2, 0) is 23.6 Å². The average molecular weight is 652 g/mol. The summed E-state index contributed by atoms with van der Waals surface area (Å²) < 4.78 is 85.0. The molecule has 0 saturated carbocycles. The maximum Gasteiger partial charge on any atom is 0.416 e. The second-order valence-electron chi connectivity index (χ2n) is 12.9. The number of aliphatic hydroxyl groups excluding tert-OH is 1. The van der Waals surface area contributed by atoms with Crippen molar-refractivity contribution in [3.8, 4) is 5.69 Å². The highest BCUT2D eigenvalue weighted by molar-refractivity contribution is 6.43. The molecule has 0 bridgehead atoms. The highest BCUT2D eigenvalue weighted by Gasteiger charge is 2.42. The number of fused-ring (bicyclic) bond motifs is 1. The van der Waals surface area contributed by atoms with Gasteiger partial charge in [0.2, 0.25) is 5.78 Å². The third kappa shape index (κ3) is 6.27. The summed E-state index contributed by atoms with van der Waals surface area (Å²) in [5.41, 5.74) is 0.511. The van der Waals surface area contributed by atoms with E-state index in [9.17, 15) is 36.2 Å². The minimum absolute atomic E-state index is 0.0305. The molecule has 0 radical (unpaired) electrons. The van der Waals surface area contributed by atoms with Crippen molar-refractivity contribution < 1.29 is 36.2 Å². The van der Waals surface area contributed by atoms with E-state index in [0.717, 1.165) is 11.1 Å². The summed E-state index contributed by atoms with van der Waals surface area (Å²) in [5.74, 6) is -0.678. The summed E-state index contributed by atoms with van der Waals surface area (Å²) in [6.07, 6.45) is -9.35. The van der Waals surface area contributed by atoms with E-state index in [1.54, 1.807) is 24.3 Å². The molecule has 1 aromatic heterocycles. The average Bonchev–Trinajstić information content (AvgIpc) is 3.27. The Bertz CT molecular complexity index is 1940. The van der Waals surface area contributed by atoms with Gasteiger partial charge >= 0.3 is 12.4 Å². The molecule has 0 unspecified atom stereocenters. The van der Waals surface area contributed by atoms with Crippen molar-refractivity contribution >= 4 is 27.8 Å². The summed E-state index contributed by atoms with van der Waals surface area (Å²) >= 11 is 0. The predicted octanol–water partition coefficient (Wildman–Crippen LogP) is 11.1. The number of aliphatic hydroxyl groups is 1. The number of rotatable bonds is 8. The molecule has 5 rings (SSSR count). The summed E-state index contributed by atoms with van der Waals surface area (Å²) in [6.45, 7) is 13.9. The SMILES string of the molecule is C=C(CC(C)C)/C(=C1\C(=O)C(c2c(CC(C)C)n(-c3cc(C(F)(F)F)cc(C(F)(F)F)c3)c3ccccc23)=C1O)c1ccccc1C. The number of nitrogens with zero attached hydrogens (tertiary/aromatic N) is 1. The van der Waals surface area contributed by atoms with Crippen LogP contribution in [0.2, 0.25) is 0 Å². The van der Waals surface area contributed by atoms with Crippen LogP contribution in [0.15, 0.2) is 90.2 Å². The zero-order valence-electron chi connectivity index (χ0n) is 26.7. The lowest BCUT2D eigenvalue weighted by Gasteiger charge is -2.28. The largest absolute Gasteiger partial charge is 0.506 e. The van der Waals surface area contributed by atoms with Crippen LogP contribution in [0.3, 0.4) is 0 Å². The summed E-state index contributed by atoms with van der Waals surface area (Å²) in [7, 11) is 0. The first-order valence-corrected chi connectivity index (χ1v) is 15.3. The van der Waals surface area contributed by atoms with Crippen LogP contribution >= 0.6 is 0 Å². The number of benzene rings is 3. The molecular formula is C38H35F6NO2. The molecule has 1 N–H and O–H groups in total. The Kier molecular flexibility index (Phi) is 8.81. The van der Waals surface area contributed by atoms with Crippen LogP contribution in [0, 0.1) is 18.8 Å². The highest BCUT2D eigenvalue weighted by atomic mass is 19.4. The van der Waals surface area contributed by atoms with E-state index in [1.165, 1.54) is 4.57 Å². The van der Waals surface area contributed by atoms with Crippen LogP contribution in [0.5, 0.6) is 0 Å². The number of hydrogen-bond donors (Lipinski definition) is 1. The first-order chi connectivity index (χ1) is 21.9. The van der Waals surface area contributed by atoms with Crippen molar-refractivity contribution in [2.75, 3.05) is 0 Å². The summed E-state index contributed by atoms with van der Waals surface area (Å²) in [6, 6.07) is 15.4. The molecule has 0 saturated heterocycles. The summed E-state index contributed by atoms with van der Waals surface area (Å²) in [5, 5.41) is 12.2. The standard InChI is InChI=1S/C38H35F6NO2/c1-20(2)15-23(6)31(27-12-8-7-11-22(27)5)33-35(46)34(36(33)47)32-28-13-9-10-14-29(28)45(30(32)16-21(3)4)26-18-24(37(39,40)41)17-25(19-26)38(42,43)44/h7-14,17-21,46H,6,15-16H2,1-5H3/b33-31+. The van der Waals surface area contributed by atoms with Crippen LogP contribution in [-0.4, -0.2) is 15.5 Å². The number of hydrogen-bond acceptors (Lipinski definition) is 2. The Morgan fingerprint density at radius 3 is 1.96 bits per heavy atom. The minimum Gasteiger partial charge on any atom is -0.506 e. The number of ketones is 1. The first-order valence-electron chi connectivity index (χ1n) is 15.3. The van der Waals surface area contributed by atoms with Gasteiger partial charge in [-0.25, -0.2) is 0 Å². The highest BCUT2D eigenvalue weighted by Crippen LogP contribution is 2.48. The van der Waals surface area contributed by atoms with Crippen molar-refractivity contribution in [1.82, 2.24) is 4.57 Å². The Morgan fingerprint density at radius 1 is 0.851 bits per heavy atom. The van der Waals surface area contributed by atoms with Crippen molar-refractivity contribution in [2.24, 2.45) is 11.8 Å². The normalized spacial score (nSPS) is 15.2. The second kappa shape index (κ2) is 12.2. The number of carbonyl (C=O) groups is 1. The third-order valence-electron chi connectivity index (χ3n) is 8.26. The second-order valence-corrected chi connectivity index (χ2v) is 12.9. The van der Waals surface area contributed by atoms with Crippen molar-refractivity contribution in [2.45, 2.75) is 59.8 Å². The zero-order chi connectivity index (χ0) is 34.6. The van der Waals surface area contributed by atoms with Gasteiger partial charge in [0, 0.05) is 22.3 Å². The molecule has 9 heteroatoms. The zero-order valence-corrected chi connectivity index (χ0v) is 26.7. The fourth-order valence-electron chi connectivity index (χ4n) is 6.33. The Labute approximate surface area is 269 Å². The number of Topliss-reactive ketones (excluding diaryl/α,β-unsaturated/α-hetero) is 1. The number of aryl methyl sites for hydroxylation is 1. The van der Waals surface area contributed by atoms with E-state index in [0.29, 0.717) is 46.3 Å². The van der Waals surface area contributed by atoms with Gasteiger partial charge in [0.1, 0.15) is 5.76 Å². The van der Waals surface area contributed by atoms with E-state index >= 15 is 0 Å². The Hall–Kier alpha value is -4.53. The van der Waals surface area contributed by atoms with Gasteiger partial charge in [-0.1, -0.05) is 76.7 Å². The first kappa shape index (κ1) is 33.8. The van der Waals surface area contributed by atoms with Gasteiger partial charge in [-0.15, -0.1) is 0 Å². The van der Waals surface area contributed by atoms with Crippen molar-refractivity contribution in [3.63, 3.8) is 0 Å². The van der Waals surface area contributed by atoms with E-state index in [1.807, 2.05) is 58.9 Å². The molecule has 0 fully saturated rings. The van der Waals surface area contributed by atoms with Gasteiger partial charge in [0.15, 0.2) is 0 Å². The molecule has 1 heterocycles. The number of para-hydroxylation sites is 1. The number of carbonyl (C=O) groups excluding carboxylic acids is 1. The smallest absolute Gasteiger partial charge is 0.416 e. The lowest BCUT2D eigenvalue weighted by molar-refractivity contribution is -0.143. The Morgan fingerprint density at radius 2 is 1.43 bits per heavy atom. The lowest BCUT2D eigenvalue weighted by atomic mass is 9.75. The Balaban J connectivity index is 1.86. The van der Waals surface area contributed by atoms with Gasteiger partial charge in [-0.3, -0.25) is 4.79 Å². The van der Waals surface area contributed by atoms with Crippen LogP contribution in [0.4, 0.5) is 26.3 Å². The molecule has 4 aromatic rings. The van der Waals surface area contributed by atoms with Gasteiger partial charge < -0.3 is 9.67 Å². The molecule has 1 aliphatic carbocycles. The summed E-state index contributed by atoms with van der Waals surface area (Å²) in [4.78, 5) is 14.3. The van der Waals surface area contributed by atoms with Crippen LogP contribution in [0.25, 0.3) is 27.7 Å². The molecule has 0 aliphatic heterocycles. The van der Waals surface area contributed by atoms with E-state index < -0.39 is 29.3 Å². The number of alkyl halides is 6. The molecule has 0 spiro atoms. The van der Waals surface area contributed by atoms with E-state index in [2.05, 4.69) is 6.58 Å². The molecule has 0 amide bonds.